The van der Waals surface area contributed by atoms with Gasteiger partial charge in [0.15, 0.2) is 0 Å². The number of benzene rings is 1. The molecule has 0 amide bonds. The predicted molar refractivity (Wildman–Crippen MR) is 76.7 cm³/mol. The quantitative estimate of drug-likeness (QED) is 0.844. The fraction of sp³-hybridized carbons (Fsp3) is 0.600. The van der Waals surface area contributed by atoms with E-state index in [1.54, 1.807) is 0 Å². The molecule has 0 saturated heterocycles. The summed E-state index contributed by atoms with van der Waals surface area (Å²) in [5, 5.41) is 0. The zero-order chi connectivity index (χ0) is 12.5. The Bertz CT molecular complexity index is 429. The van der Waals surface area contributed by atoms with Crippen LogP contribution in [0.2, 0.25) is 0 Å². The second-order valence-electron chi connectivity index (χ2n) is 5.58. The Morgan fingerprint density at radius 1 is 1.17 bits per heavy atom. The largest absolute Gasteiger partial charge is 0.490 e. The van der Waals surface area contributed by atoms with Crippen LogP contribution in [0.3, 0.4) is 0 Å². The van der Waals surface area contributed by atoms with Crippen LogP contribution in [0.5, 0.6) is 5.75 Å². The Morgan fingerprint density at radius 2 is 1.94 bits per heavy atom. The Hall–Kier alpha value is -0.540. The molecule has 2 nitrogen and oxygen atoms in total. The molecule has 1 saturated carbocycles. The fourth-order valence-electron chi connectivity index (χ4n) is 3.30. The molecule has 3 heteroatoms. The molecule has 2 unspecified atom stereocenters. The van der Waals surface area contributed by atoms with Gasteiger partial charge in [0.2, 0.25) is 0 Å². The van der Waals surface area contributed by atoms with Gasteiger partial charge in [-0.05, 0) is 30.9 Å². The lowest BCUT2D eigenvalue weighted by atomic mass is 9.81. The first kappa shape index (κ1) is 12.5. The highest BCUT2D eigenvalue weighted by atomic mass is 79.9. The minimum Gasteiger partial charge on any atom is -0.490 e. The average Bonchev–Trinajstić information content (AvgIpc) is 2.39. The minimum atomic E-state index is 0.133. The first-order chi connectivity index (χ1) is 8.74. The zero-order valence-electron chi connectivity index (χ0n) is 10.6. The van der Waals surface area contributed by atoms with Crippen molar-refractivity contribution in [2.45, 2.75) is 50.7 Å². The zero-order valence-corrected chi connectivity index (χ0v) is 12.2. The van der Waals surface area contributed by atoms with E-state index in [9.17, 15) is 0 Å². The van der Waals surface area contributed by atoms with Crippen molar-refractivity contribution in [3.63, 3.8) is 0 Å². The van der Waals surface area contributed by atoms with Crippen LogP contribution in [0.15, 0.2) is 22.7 Å². The number of rotatable bonds is 1. The van der Waals surface area contributed by atoms with Crippen molar-refractivity contribution in [1.82, 2.24) is 0 Å². The third-order valence-corrected chi connectivity index (χ3v) is 4.81. The third-order valence-electron chi connectivity index (χ3n) is 4.32. The van der Waals surface area contributed by atoms with Gasteiger partial charge in [0.25, 0.3) is 0 Å². The normalized spacial score (nSPS) is 28.6. The highest BCUT2D eigenvalue weighted by molar-refractivity contribution is 9.10. The topological polar surface area (TPSA) is 35.2 Å². The van der Waals surface area contributed by atoms with Gasteiger partial charge in [0.1, 0.15) is 11.9 Å². The van der Waals surface area contributed by atoms with E-state index in [-0.39, 0.29) is 6.04 Å². The van der Waals surface area contributed by atoms with Crippen LogP contribution in [-0.2, 0) is 0 Å². The summed E-state index contributed by atoms with van der Waals surface area (Å²) < 4.78 is 7.28. The number of fused-ring (bicyclic) bond motifs is 1. The second-order valence-corrected chi connectivity index (χ2v) is 6.49. The van der Waals surface area contributed by atoms with E-state index in [1.807, 2.05) is 6.07 Å². The maximum Gasteiger partial charge on any atom is 0.125 e. The summed E-state index contributed by atoms with van der Waals surface area (Å²) in [4.78, 5) is 0. The SMILES string of the molecule is NC1CC(C2CCCCC2)Oc2cc(Br)ccc21. The van der Waals surface area contributed by atoms with Crippen molar-refractivity contribution in [2.75, 3.05) is 0 Å². The molecule has 0 aromatic heterocycles. The monoisotopic (exact) mass is 309 g/mol. The van der Waals surface area contributed by atoms with Crippen molar-refractivity contribution < 1.29 is 4.74 Å². The summed E-state index contributed by atoms with van der Waals surface area (Å²) in [6.45, 7) is 0. The van der Waals surface area contributed by atoms with Crippen LogP contribution in [0.1, 0.15) is 50.1 Å². The highest BCUT2D eigenvalue weighted by Crippen LogP contribution is 2.40. The van der Waals surface area contributed by atoms with E-state index in [0.717, 1.165) is 22.2 Å². The van der Waals surface area contributed by atoms with E-state index in [4.69, 9.17) is 10.5 Å². The van der Waals surface area contributed by atoms with Crippen molar-refractivity contribution in [1.29, 1.82) is 0 Å². The maximum atomic E-state index is 6.30. The number of hydrogen-bond acceptors (Lipinski definition) is 2. The average molecular weight is 310 g/mol. The van der Waals surface area contributed by atoms with E-state index in [0.29, 0.717) is 12.0 Å². The van der Waals surface area contributed by atoms with E-state index < -0.39 is 0 Å². The molecule has 1 aliphatic carbocycles. The molecule has 2 N–H and O–H groups in total. The van der Waals surface area contributed by atoms with Crippen LogP contribution >= 0.6 is 15.9 Å². The first-order valence-electron chi connectivity index (χ1n) is 6.96. The molecule has 2 aliphatic rings. The van der Waals surface area contributed by atoms with Gasteiger partial charge < -0.3 is 10.5 Å². The van der Waals surface area contributed by atoms with Crippen molar-refractivity contribution in [3.8, 4) is 5.75 Å². The first-order valence-corrected chi connectivity index (χ1v) is 7.75. The predicted octanol–water partition coefficient (Wildman–Crippen LogP) is 4.18. The van der Waals surface area contributed by atoms with Gasteiger partial charge in [-0.1, -0.05) is 41.3 Å². The van der Waals surface area contributed by atoms with Crippen molar-refractivity contribution >= 4 is 15.9 Å². The van der Waals surface area contributed by atoms with Crippen LogP contribution in [0, 0.1) is 5.92 Å². The number of ether oxygens (including phenoxy) is 1. The minimum absolute atomic E-state index is 0.133. The van der Waals surface area contributed by atoms with Gasteiger partial charge >= 0.3 is 0 Å². The lowest BCUT2D eigenvalue weighted by Gasteiger charge is -2.36. The van der Waals surface area contributed by atoms with Crippen molar-refractivity contribution in [3.05, 3.63) is 28.2 Å². The molecule has 18 heavy (non-hydrogen) atoms. The van der Waals surface area contributed by atoms with Crippen LogP contribution in [0.4, 0.5) is 0 Å². The molecule has 1 heterocycles. The lowest BCUT2D eigenvalue weighted by Crippen LogP contribution is -2.36. The standard InChI is InChI=1S/C15H20BrNO/c16-11-6-7-12-13(17)9-14(18-15(12)8-11)10-4-2-1-3-5-10/h6-8,10,13-14H,1-5,9,17H2. The molecule has 2 atom stereocenters. The van der Waals surface area contributed by atoms with Gasteiger partial charge in [0, 0.05) is 22.5 Å². The Labute approximate surface area is 117 Å². The Kier molecular flexibility index (Phi) is 3.62. The van der Waals surface area contributed by atoms with E-state index >= 15 is 0 Å². The molecule has 0 bridgehead atoms. The molecule has 1 aliphatic heterocycles. The summed E-state index contributed by atoms with van der Waals surface area (Å²) in [6.07, 6.45) is 8.00. The molecule has 0 radical (unpaired) electrons. The molecule has 1 fully saturated rings. The summed E-state index contributed by atoms with van der Waals surface area (Å²) in [5.41, 5.74) is 7.46. The van der Waals surface area contributed by atoms with Crippen LogP contribution < -0.4 is 10.5 Å². The van der Waals surface area contributed by atoms with E-state index in [2.05, 4.69) is 28.1 Å². The third kappa shape index (κ3) is 2.43. The summed E-state index contributed by atoms with van der Waals surface area (Å²) >= 11 is 3.51. The van der Waals surface area contributed by atoms with Crippen LogP contribution in [-0.4, -0.2) is 6.10 Å². The molecule has 0 spiro atoms. The molecule has 98 valence electrons. The van der Waals surface area contributed by atoms with Gasteiger partial charge in [0.05, 0.1) is 0 Å². The van der Waals surface area contributed by atoms with Gasteiger partial charge in [-0.3, -0.25) is 0 Å². The highest BCUT2D eigenvalue weighted by Gasteiger charge is 2.32. The molecule has 1 aromatic carbocycles. The Morgan fingerprint density at radius 3 is 2.72 bits per heavy atom. The second kappa shape index (κ2) is 5.22. The number of nitrogens with two attached hydrogens (primary N) is 1. The van der Waals surface area contributed by atoms with Crippen LogP contribution in [0.25, 0.3) is 0 Å². The lowest BCUT2D eigenvalue weighted by molar-refractivity contribution is 0.0783. The van der Waals surface area contributed by atoms with E-state index in [1.165, 1.54) is 32.1 Å². The molecular weight excluding hydrogens is 290 g/mol. The summed E-state index contributed by atoms with van der Waals surface area (Å²) in [5.74, 6) is 1.69. The summed E-state index contributed by atoms with van der Waals surface area (Å²) in [7, 11) is 0. The molecular formula is C15H20BrNO. The molecule has 3 rings (SSSR count). The Balaban J connectivity index is 1.81. The van der Waals surface area contributed by atoms with Gasteiger partial charge in [-0.15, -0.1) is 0 Å². The van der Waals surface area contributed by atoms with Gasteiger partial charge in [-0.25, -0.2) is 0 Å². The van der Waals surface area contributed by atoms with Gasteiger partial charge in [-0.2, -0.15) is 0 Å². The van der Waals surface area contributed by atoms with Crippen molar-refractivity contribution in [2.24, 2.45) is 11.7 Å². The number of halogens is 1. The number of hydrogen-bond donors (Lipinski definition) is 1. The summed E-state index contributed by atoms with van der Waals surface area (Å²) in [6, 6.07) is 6.32. The fourth-order valence-corrected chi connectivity index (χ4v) is 3.64. The smallest absolute Gasteiger partial charge is 0.125 e. The maximum absolute atomic E-state index is 6.30. The molecule has 1 aromatic rings.